The van der Waals surface area contributed by atoms with Gasteiger partial charge in [0.1, 0.15) is 5.75 Å². The number of benzene rings is 1. The summed E-state index contributed by atoms with van der Waals surface area (Å²) >= 11 is 0. The fourth-order valence-corrected chi connectivity index (χ4v) is 5.02. The summed E-state index contributed by atoms with van der Waals surface area (Å²) < 4.78 is 55.0. The molecular formula is C24H27F3N2O5. The second-order valence-electron chi connectivity index (χ2n) is 9.75. The molecule has 2 amide bonds. The third-order valence-electron chi connectivity index (χ3n) is 6.59. The van der Waals surface area contributed by atoms with Crippen molar-refractivity contribution in [3.8, 4) is 5.75 Å². The molecule has 2 heterocycles. The number of hydrogen-bond acceptors (Lipinski definition) is 5. The molecule has 0 bridgehead atoms. The first kappa shape index (κ1) is 24.3. The number of rotatable bonds is 5. The molecule has 0 saturated carbocycles. The van der Waals surface area contributed by atoms with Crippen molar-refractivity contribution in [1.29, 1.82) is 0 Å². The smallest absolute Gasteiger partial charge is 0.425 e. The number of ether oxygens (including phenoxy) is 2. The van der Waals surface area contributed by atoms with Crippen molar-refractivity contribution in [2.75, 3.05) is 20.3 Å². The van der Waals surface area contributed by atoms with E-state index >= 15 is 0 Å². The number of carbonyl (C=O) groups is 3. The van der Waals surface area contributed by atoms with Gasteiger partial charge in [-0.25, -0.2) is 0 Å². The predicted molar refractivity (Wildman–Crippen MR) is 115 cm³/mol. The average Bonchev–Trinajstić information content (AvgIpc) is 3.34. The van der Waals surface area contributed by atoms with E-state index in [2.05, 4.69) is 0 Å². The molecular weight excluding hydrogens is 453 g/mol. The molecule has 1 saturated heterocycles. The number of nitrogens with one attached hydrogen (secondary N) is 1. The van der Waals surface area contributed by atoms with E-state index < -0.39 is 46.4 Å². The number of nitrogens with zero attached hydrogens (tertiary/aromatic N) is 1. The lowest BCUT2D eigenvalue weighted by atomic mass is 9.72. The normalized spacial score (nSPS) is 26.6. The lowest BCUT2D eigenvalue weighted by molar-refractivity contribution is -0.191. The Bertz CT molecular complexity index is 1060. The van der Waals surface area contributed by atoms with Crippen LogP contribution in [0.2, 0.25) is 0 Å². The summed E-state index contributed by atoms with van der Waals surface area (Å²) in [5.41, 5.74) is -4.89. The van der Waals surface area contributed by atoms with Gasteiger partial charge < -0.3 is 19.7 Å². The van der Waals surface area contributed by atoms with E-state index in [0.29, 0.717) is 13.0 Å². The van der Waals surface area contributed by atoms with Crippen molar-refractivity contribution in [2.45, 2.75) is 57.3 Å². The monoisotopic (exact) mass is 480 g/mol. The Hall–Kier alpha value is -2.88. The van der Waals surface area contributed by atoms with Crippen LogP contribution in [0.1, 0.15) is 49.9 Å². The van der Waals surface area contributed by atoms with Crippen LogP contribution in [0.3, 0.4) is 0 Å². The zero-order chi connectivity index (χ0) is 24.9. The maximum Gasteiger partial charge on any atom is 0.425 e. The van der Waals surface area contributed by atoms with Crippen molar-refractivity contribution < 1.29 is 37.0 Å². The molecule has 4 rings (SSSR count). The molecule has 1 fully saturated rings. The lowest BCUT2D eigenvalue weighted by Crippen LogP contribution is -2.66. The maximum atomic E-state index is 14.8. The molecule has 184 valence electrons. The third kappa shape index (κ3) is 3.97. The van der Waals surface area contributed by atoms with Gasteiger partial charge in [0.2, 0.25) is 5.54 Å². The van der Waals surface area contributed by atoms with Gasteiger partial charge in [-0.3, -0.25) is 14.4 Å². The molecule has 0 aromatic heterocycles. The highest BCUT2D eigenvalue weighted by molar-refractivity contribution is 6.14. The van der Waals surface area contributed by atoms with E-state index in [1.807, 2.05) is 5.32 Å². The fourth-order valence-electron chi connectivity index (χ4n) is 5.02. The minimum Gasteiger partial charge on any atom is -0.497 e. The minimum absolute atomic E-state index is 0.0185. The summed E-state index contributed by atoms with van der Waals surface area (Å²) in [5.74, 6) is -3.03. The van der Waals surface area contributed by atoms with E-state index in [4.69, 9.17) is 9.47 Å². The van der Waals surface area contributed by atoms with Crippen LogP contribution in [-0.4, -0.2) is 60.6 Å². The van der Waals surface area contributed by atoms with Gasteiger partial charge in [0.25, 0.3) is 11.8 Å². The minimum atomic E-state index is -5.25. The predicted octanol–water partition coefficient (Wildman–Crippen LogP) is 3.39. The van der Waals surface area contributed by atoms with Gasteiger partial charge in [-0.1, -0.05) is 19.9 Å². The second-order valence-corrected chi connectivity index (χ2v) is 9.75. The zero-order valence-corrected chi connectivity index (χ0v) is 19.3. The van der Waals surface area contributed by atoms with Gasteiger partial charge in [0.05, 0.1) is 25.3 Å². The van der Waals surface area contributed by atoms with Gasteiger partial charge in [0, 0.05) is 24.3 Å². The molecule has 2 aliphatic heterocycles. The van der Waals surface area contributed by atoms with E-state index in [1.54, 1.807) is 13.8 Å². The Morgan fingerprint density at radius 3 is 2.62 bits per heavy atom. The first-order valence-electron chi connectivity index (χ1n) is 11.1. The van der Waals surface area contributed by atoms with Gasteiger partial charge >= 0.3 is 6.18 Å². The SMILES string of the molecule is COc1cccc(C(=O)N[C@]2(C(F)(F)F)C(=O)N(C[C@@H]3CCCO3)C3=C2C(=O)CC(C)(C)C3)c1. The van der Waals surface area contributed by atoms with Crippen molar-refractivity contribution in [1.82, 2.24) is 10.2 Å². The van der Waals surface area contributed by atoms with E-state index in [-0.39, 0.29) is 36.4 Å². The quantitative estimate of drug-likeness (QED) is 0.699. The lowest BCUT2D eigenvalue weighted by Gasteiger charge is -2.35. The molecule has 1 aromatic carbocycles. The number of ketones is 1. The average molecular weight is 480 g/mol. The van der Waals surface area contributed by atoms with E-state index in [0.717, 1.165) is 11.3 Å². The first-order chi connectivity index (χ1) is 15.9. The van der Waals surface area contributed by atoms with Crippen LogP contribution in [0, 0.1) is 5.41 Å². The molecule has 0 spiro atoms. The van der Waals surface area contributed by atoms with Crippen LogP contribution >= 0.6 is 0 Å². The van der Waals surface area contributed by atoms with E-state index in [9.17, 15) is 27.6 Å². The standard InChI is InChI=1S/C24H27F3N2O5/c1-22(2)11-17-19(18(30)12-22)23(24(25,26)27,21(32)29(17)13-16-8-5-9-34-16)28-20(31)14-6-4-7-15(10-14)33-3/h4,6-7,10,16H,5,8-9,11-13H2,1-3H3,(H,28,31)/t16-,23-/m0/s1. The highest BCUT2D eigenvalue weighted by atomic mass is 19.4. The van der Waals surface area contributed by atoms with Crippen LogP contribution in [0.5, 0.6) is 5.75 Å². The van der Waals surface area contributed by atoms with Crippen molar-refractivity contribution in [2.24, 2.45) is 5.41 Å². The summed E-state index contributed by atoms with van der Waals surface area (Å²) in [6, 6.07) is 5.57. The van der Waals surface area contributed by atoms with Crippen molar-refractivity contribution >= 4 is 17.6 Å². The largest absolute Gasteiger partial charge is 0.497 e. The molecule has 3 aliphatic rings. The summed E-state index contributed by atoms with van der Waals surface area (Å²) in [7, 11) is 1.36. The molecule has 0 radical (unpaired) electrons. The topological polar surface area (TPSA) is 84.9 Å². The summed E-state index contributed by atoms with van der Waals surface area (Å²) in [6.07, 6.45) is -4.42. The second kappa shape index (κ2) is 8.41. The van der Waals surface area contributed by atoms with E-state index in [1.165, 1.54) is 31.4 Å². The molecule has 10 heteroatoms. The number of alkyl halides is 3. The molecule has 7 nitrogen and oxygen atoms in total. The number of amides is 2. The molecule has 1 aliphatic carbocycles. The van der Waals surface area contributed by atoms with Crippen LogP contribution in [0.25, 0.3) is 0 Å². The fraction of sp³-hybridized carbons (Fsp3) is 0.542. The third-order valence-corrected chi connectivity index (χ3v) is 6.59. The Balaban J connectivity index is 1.83. The van der Waals surface area contributed by atoms with Crippen LogP contribution < -0.4 is 10.1 Å². The molecule has 1 aromatic rings. The summed E-state index contributed by atoms with van der Waals surface area (Å²) in [4.78, 5) is 40.8. The van der Waals surface area contributed by atoms with Crippen LogP contribution in [0.4, 0.5) is 13.2 Å². The number of carbonyl (C=O) groups excluding carboxylic acids is 3. The van der Waals surface area contributed by atoms with Crippen molar-refractivity contribution in [3.63, 3.8) is 0 Å². The Labute approximate surface area is 195 Å². The highest BCUT2D eigenvalue weighted by Gasteiger charge is 2.71. The van der Waals surface area contributed by atoms with Gasteiger partial charge in [0.15, 0.2) is 5.78 Å². The summed E-state index contributed by atoms with van der Waals surface area (Å²) in [5, 5.41) is 1.93. The molecule has 1 N–H and O–H groups in total. The Morgan fingerprint density at radius 1 is 1.26 bits per heavy atom. The zero-order valence-electron chi connectivity index (χ0n) is 19.3. The summed E-state index contributed by atoms with van der Waals surface area (Å²) in [6.45, 7) is 3.89. The molecule has 2 atom stereocenters. The highest BCUT2D eigenvalue weighted by Crippen LogP contribution is 2.52. The molecule has 0 unspecified atom stereocenters. The molecule has 34 heavy (non-hydrogen) atoms. The van der Waals surface area contributed by atoms with Gasteiger partial charge in [-0.15, -0.1) is 0 Å². The number of methoxy groups -OCH3 is 1. The van der Waals surface area contributed by atoms with Gasteiger partial charge in [-0.05, 0) is 42.9 Å². The van der Waals surface area contributed by atoms with Gasteiger partial charge in [-0.2, -0.15) is 13.2 Å². The number of hydrogen-bond donors (Lipinski definition) is 1. The number of Topliss-reactive ketones (excluding diaryl/α,β-unsaturated/α-hetero) is 1. The Morgan fingerprint density at radius 2 is 2.00 bits per heavy atom. The van der Waals surface area contributed by atoms with Crippen LogP contribution in [-0.2, 0) is 14.3 Å². The van der Waals surface area contributed by atoms with Crippen molar-refractivity contribution in [3.05, 3.63) is 41.1 Å². The first-order valence-corrected chi connectivity index (χ1v) is 11.1. The van der Waals surface area contributed by atoms with Crippen LogP contribution in [0.15, 0.2) is 35.5 Å². The Kier molecular flexibility index (Phi) is 6.00. The maximum absolute atomic E-state index is 14.8. The number of allylic oxidation sites excluding steroid dienone is 1. The number of halogens is 3.